The summed E-state index contributed by atoms with van der Waals surface area (Å²) in [6.07, 6.45) is 4.22. The molecule has 0 aliphatic heterocycles. The van der Waals surface area contributed by atoms with Crippen molar-refractivity contribution in [1.82, 2.24) is 0 Å². The minimum atomic E-state index is -0.890. The van der Waals surface area contributed by atoms with Crippen LogP contribution in [0.2, 0.25) is 0 Å². The molecule has 1 saturated carbocycles. The molecule has 0 aromatic heterocycles. The molecule has 4 rings (SSSR count). The second-order valence-electron chi connectivity index (χ2n) is 9.19. The number of ketones is 1. The molecule has 3 aromatic carbocycles. The highest BCUT2D eigenvalue weighted by atomic mass is 16.2. The first kappa shape index (κ1) is 25.3. The molecule has 0 unspecified atom stereocenters. The molecular formula is C31H27N3O3. The summed E-state index contributed by atoms with van der Waals surface area (Å²) in [5.41, 5.74) is 4.02. The van der Waals surface area contributed by atoms with Crippen molar-refractivity contribution in [3.63, 3.8) is 0 Å². The van der Waals surface area contributed by atoms with Crippen LogP contribution < -0.4 is 10.6 Å². The zero-order valence-corrected chi connectivity index (χ0v) is 20.7. The third kappa shape index (κ3) is 6.09. The van der Waals surface area contributed by atoms with Gasteiger partial charge in [-0.3, -0.25) is 14.4 Å². The van der Waals surface area contributed by atoms with Crippen molar-refractivity contribution < 1.29 is 14.4 Å². The fourth-order valence-electron chi connectivity index (χ4n) is 4.55. The Balaban J connectivity index is 1.74. The van der Waals surface area contributed by atoms with Crippen molar-refractivity contribution in [2.24, 2.45) is 0 Å². The number of carbonyl (C=O) groups is 3. The van der Waals surface area contributed by atoms with Gasteiger partial charge in [-0.1, -0.05) is 54.6 Å². The molecule has 0 bridgehead atoms. The smallest absolute Gasteiger partial charge is 0.221 e. The van der Waals surface area contributed by atoms with E-state index >= 15 is 0 Å². The molecule has 2 N–H and O–H groups in total. The van der Waals surface area contributed by atoms with Gasteiger partial charge in [-0.2, -0.15) is 5.26 Å². The number of nitriles is 1. The average Bonchev–Trinajstić information content (AvgIpc) is 2.88. The van der Waals surface area contributed by atoms with E-state index in [1.165, 1.54) is 13.8 Å². The maximum absolute atomic E-state index is 13.6. The predicted molar refractivity (Wildman–Crippen MR) is 145 cm³/mol. The van der Waals surface area contributed by atoms with E-state index < -0.39 is 5.41 Å². The Labute approximate surface area is 216 Å². The van der Waals surface area contributed by atoms with Gasteiger partial charge in [0.2, 0.25) is 11.8 Å². The molecular weight excluding hydrogens is 462 g/mol. The van der Waals surface area contributed by atoms with Gasteiger partial charge in [-0.05, 0) is 65.9 Å². The van der Waals surface area contributed by atoms with E-state index in [4.69, 9.17) is 0 Å². The van der Waals surface area contributed by atoms with Crippen molar-refractivity contribution >= 4 is 41.1 Å². The number of allylic oxidation sites excluding steroid dienone is 2. The number of nitrogens with one attached hydrogen (secondary N) is 2. The Hall–Kier alpha value is -4.76. The first-order valence-electron chi connectivity index (χ1n) is 12.0. The summed E-state index contributed by atoms with van der Waals surface area (Å²) >= 11 is 0. The molecule has 3 aromatic rings. The first-order chi connectivity index (χ1) is 17.8. The second kappa shape index (κ2) is 10.9. The summed E-state index contributed by atoms with van der Waals surface area (Å²) in [5, 5.41) is 15.9. The molecule has 1 aliphatic carbocycles. The topological polar surface area (TPSA) is 99.1 Å². The fraction of sp³-hybridized carbons (Fsp3) is 0.161. The monoisotopic (exact) mass is 489 g/mol. The van der Waals surface area contributed by atoms with Gasteiger partial charge in [0.05, 0.1) is 11.5 Å². The van der Waals surface area contributed by atoms with Gasteiger partial charge in [-0.25, -0.2) is 0 Å². The van der Waals surface area contributed by atoms with Crippen molar-refractivity contribution in [3.05, 3.63) is 107 Å². The molecule has 0 atom stereocenters. The molecule has 184 valence electrons. The molecule has 0 radical (unpaired) electrons. The predicted octanol–water partition coefficient (Wildman–Crippen LogP) is 5.89. The van der Waals surface area contributed by atoms with Crippen LogP contribution in [0, 0.1) is 11.3 Å². The van der Waals surface area contributed by atoms with Gasteiger partial charge in [0, 0.05) is 36.4 Å². The maximum atomic E-state index is 13.6. The summed E-state index contributed by atoms with van der Waals surface area (Å²) in [7, 11) is 0. The van der Waals surface area contributed by atoms with Crippen LogP contribution in [0.4, 0.5) is 11.4 Å². The van der Waals surface area contributed by atoms with Gasteiger partial charge in [0.15, 0.2) is 5.78 Å². The summed E-state index contributed by atoms with van der Waals surface area (Å²) in [6, 6.07) is 26.5. The van der Waals surface area contributed by atoms with E-state index in [0.29, 0.717) is 35.4 Å². The molecule has 0 spiro atoms. The molecule has 6 heteroatoms. The highest BCUT2D eigenvalue weighted by Crippen LogP contribution is 2.43. The van der Waals surface area contributed by atoms with Crippen molar-refractivity contribution in [1.29, 1.82) is 5.26 Å². The number of anilines is 2. The lowest BCUT2D eigenvalue weighted by atomic mass is 9.66. The van der Waals surface area contributed by atoms with E-state index in [1.807, 2.05) is 66.7 Å². The number of hydrogen-bond acceptors (Lipinski definition) is 4. The third-order valence-electron chi connectivity index (χ3n) is 6.25. The van der Waals surface area contributed by atoms with Gasteiger partial charge in [0.1, 0.15) is 0 Å². The summed E-state index contributed by atoms with van der Waals surface area (Å²) < 4.78 is 0. The number of nitrogens with zero attached hydrogens (tertiary/aromatic N) is 1. The van der Waals surface area contributed by atoms with E-state index in [0.717, 1.165) is 16.7 Å². The Morgan fingerprint density at radius 1 is 0.757 bits per heavy atom. The fourth-order valence-corrected chi connectivity index (χ4v) is 4.55. The lowest BCUT2D eigenvalue weighted by Gasteiger charge is -2.33. The molecule has 37 heavy (non-hydrogen) atoms. The number of amides is 2. The largest absolute Gasteiger partial charge is 0.326 e. The minimum absolute atomic E-state index is 0.0984. The van der Waals surface area contributed by atoms with Crippen LogP contribution in [-0.2, 0) is 19.8 Å². The van der Waals surface area contributed by atoms with E-state index in [1.54, 1.807) is 24.3 Å². The van der Waals surface area contributed by atoms with Crippen LogP contribution in [0.3, 0.4) is 0 Å². The van der Waals surface area contributed by atoms with E-state index in [-0.39, 0.29) is 17.6 Å². The highest BCUT2D eigenvalue weighted by molar-refractivity contribution is 6.14. The van der Waals surface area contributed by atoms with Crippen LogP contribution in [0.25, 0.3) is 12.2 Å². The molecule has 6 nitrogen and oxygen atoms in total. The number of carbonyl (C=O) groups excluding carboxylic acids is 3. The van der Waals surface area contributed by atoms with E-state index in [2.05, 4.69) is 16.7 Å². The highest BCUT2D eigenvalue weighted by Gasteiger charge is 2.41. The first-order valence-corrected chi connectivity index (χ1v) is 12.0. The lowest BCUT2D eigenvalue weighted by Crippen LogP contribution is -2.33. The Kier molecular flexibility index (Phi) is 7.45. The summed E-state index contributed by atoms with van der Waals surface area (Å²) in [4.78, 5) is 36.3. The van der Waals surface area contributed by atoms with Crippen molar-refractivity contribution in [2.75, 3.05) is 10.6 Å². The average molecular weight is 490 g/mol. The molecule has 0 saturated heterocycles. The number of Topliss-reactive ketones (excluding diaryl/α,β-unsaturated/α-hetero) is 1. The van der Waals surface area contributed by atoms with Crippen molar-refractivity contribution in [3.8, 4) is 6.07 Å². The van der Waals surface area contributed by atoms with Crippen LogP contribution in [0.5, 0.6) is 0 Å². The SMILES string of the molecule is CC(=O)Nc1ccc(/C=C2\CC(C#N)(c3ccccc3)C/C(=C\c3ccc(NC(C)=O)cc3)C2=O)cc1. The Bertz CT molecular complexity index is 1350. The number of hydrogen-bond donors (Lipinski definition) is 2. The molecule has 2 amide bonds. The molecule has 1 fully saturated rings. The second-order valence-corrected chi connectivity index (χ2v) is 9.19. The van der Waals surface area contributed by atoms with E-state index in [9.17, 15) is 19.6 Å². The number of benzene rings is 3. The molecule has 1 aliphatic rings. The third-order valence-corrected chi connectivity index (χ3v) is 6.25. The Morgan fingerprint density at radius 3 is 1.57 bits per heavy atom. The quantitative estimate of drug-likeness (QED) is 0.436. The summed E-state index contributed by atoms with van der Waals surface area (Å²) in [5.74, 6) is -0.413. The van der Waals surface area contributed by atoms with Crippen LogP contribution in [0.15, 0.2) is 90.0 Å². The van der Waals surface area contributed by atoms with Gasteiger partial charge in [-0.15, -0.1) is 0 Å². The normalized spacial score (nSPS) is 19.3. The van der Waals surface area contributed by atoms with Gasteiger partial charge >= 0.3 is 0 Å². The number of rotatable bonds is 5. The van der Waals surface area contributed by atoms with Gasteiger partial charge < -0.3 is 10.6 Å². The minimum Gasteiger partial charge on any atom is -0.326 e. The standard InChI is InChI=1S/C31H27N3O3/c1-21(35)33-28-12-8-23(9-13-28)16-25-18-31(20-32,27-6-4-3-5-7-27)19-26(30(25)37)17-24-10-14-29(15-11-24)34-22(2)36/h3-17H,18-19H2,1-2H3,(H,33,35)(H,34,36)/b25-16+,26-17+. The van der Waals surface area contributed by atoms with Crippen LogP contribution >= 0.6 is 0 Å². The zero-order chi connectivity index (χ0) is 26.4. The van der Waals surface area contributed by atoms with Crippen molar-refractivity contribution in [2.45, 2.75) is 32.1 Å². The maximum Gasteiger partial charge on any atom is 0.221 e. The molecule has 0 heterocycles. The van der Waals surface area contributed by atoms with Crippen LogP contribution in [-0.4, -0.2) is 17.6 Å². The Morgan fingerprint density at radius 2 is 1.19 bits per heavy atom. The van der Waals surface area contributed by atoms with Gasteiger partial charge in [0.25, 0.3) is 0 Å². The zero-order valence-electron chi connectivity index (χ0n) is 20.7. The summed E-state index contributed by atoms with van der Waals surface area (Å²) in [6.45, 7) is 2.89. The van der Waals surface area contributed by atoms with Crippen LogP contribution in [0.1, 0.15) is 43.4 Å². The lowest BCUT2D eigenvalue weighted by molar-refractivity contribution is -0.115.